The first-order valence-electron chi connectivity index (χ1n) is 7.13. The van der Waals surface area contributed by atoms with Gasteiger partial charge in [-0.1, -0.05) is 11.6 Å². The molecule has 0 heterocycles. The van der Waals surface area contributed by atoms with Crippen LogP contribution < -0.4 is 10.1 Å². The number of aliphatic hydroxyl groups is 1. The quantitative estimate of drug-likeness (QED) is 0.849. The van der Waals surface area contributed by atoms with Crippen LogP contribution in [0.25, 0.3) is 0 Å². The van der Waals surface area contributed by atoms with Crippen molar-refractivity contribution >= 4 is 23.3 Å². The molecule has 0 spiro atoms. The summed E-state index contributed by atoms with van der Waals surface area (Å²) in [6.07, 6.45) is 1.64. The maximum absolute atomic E-state index is 12.1. The van der Waals surface area contributed by atoms with E-state index in [4.69, 9.17) is 16.3 Å². The van der Waals surface area contributed by atoms with Crippen molar-refractivity contribution in [2.24, 2.45) is 5.92 Å². The molecule has 0 aromatic heterocycles. The van der Waals surface area contributed by atoms with Crippen LogP contribution in [0.2, 0.25) is 5.02 Å². The van der Waals surface area contributed by atoms with E-state index in [-0.39, 0.29) is 6.03 Å². The monoisotopic (exact) mass is 312 g/mol. The second-order valence-corrected chi connectivity index (χ2v) is 5.73. The van der Waals surface area contributed by atoms with Gasteiger partial charge in [0, 0.05) is 24.7 Å². The van der Waals surface area contributed by atoms with Crippen LogP contribution in [0.5, 0.6) is 5.75 Å². The summed E-state index contributed by atoms with van der Waals surface area (Å²) in [4.78, 5) is 13.6. The first kappa shape index (κ1) is 15.9. The van der Waals surface area contributed by atoms with Crippen LogP contribution in [0, 0.1) is 5.92 Å². The maximum atomic E-state index is 12.1. The van der Waals surface area contributed by atoms with Crippen LogP contribution in [0.3, 0.4) is 0 Å². The van der Waals surface area contributed by atoms with Crippen LogP contribution in [0.4, 0.5) is 10.5 Å². The lowest BCUT2D eigenvalue weighted by Crippen LogP contribution is -2.38. The topological polar surface area (TPSA) is 61.8 Å². The molecule has 0 radical (unpaired) electrons. The largest absolute Gasteiger partial charge is 0.492 e. The van der Waals surface area contributed by atoms with E-state index in [1.807, 2.05) is 6.92 Å². The summed E-state index contributed by atoms with van der Waals surface area (Å²) in [7, 11) is 1.66. The third-order valence-electron chi connectivity index (χ3n) is 3.46. The van der Waals surface area contributed by atoms with Gasteiger partial charge < -0.3 is 20.1 Å². The number of nitrogens with zero attached hydrogens (tertiary/aromatic N) is 1. The minimum Gasteiger partial charge on any atom is -0.492 e. The molecule has 0 saturated heterocycles. The lowest BCUT2D eigenvalue weighted by molar-refractivity contribution is 0.117. The highest BCUT2D eigenvalue weighted by Gasteiger charge is 2.31. The minimum atomic E-state index is -0.447. The summed E-state index contributed by atoms with van der Waals surface area (Å²) >= 11 is 5.93. The Kier molecular flexibility index (Phi) is 5.31. The maximum Gasteiger partial charge on any atom is 0.321 e. The van der Waals surface area contributed by atoms with Gasteiger partial charge in [0.2, 0.25) is 0 Å². The molecule has 1 aliphatic rings. The number of rotatable bonds is 6. The van der Waals surface area contributed by atoms with Crippen LogP contribution in [-0.4, -0.2) is 42.3 Å². The Hall–Kier alpha value is -1.46. The fourth-order valence-electron chi connectivity index (χ4n) is 2.08. The highest BCUT2D eigenvalue weighted by atomic mass is 35.5. The van der Waals surface area contributed by atoms with Gasteiger partial charge in [-0.2, -0.15) is 0 Å². The lowest BCUT2D eigenvalue weighted by Gasteiger charge is -2.22. The number of ether oxygens (including phenoxy) is 1. The molecule has 5 nitrogen and oxygen atoms in total. The normalized spacial score (nSPS) is 15.4. The number of halogens is 1. The van der Waals surface area contributed by atoms with Crippen molar-refractivity contribution < 1.29 is 14.6 Å². The highest BCUT2D eigenvalue weighted by molar-refractivity contribution is 6.30. The van der Waals surface area contributed by atoms with E-state index < -0.39 is 6.10 Å². The van der Waals surface area contributed by atoms with Crippen molar-refractivity contribution in [2.45, 2.75) is 25.9 Å². The summed E-state index contributed by atoms with van der Waals surface area (Å²) in [5.74, 6) is 0.879. The van der Waals surface area contributed by atoms with Crippen molar-refractivity contribution in [3.8, 4) is 5.75 Å². The highest BCUT2D eigenvalue weighted by Crippen LogP contribution is 2.33. The van der Waals surface area contributed by atoms with E-state index >= 15 is 0 Å². The summed E-state index contributed by atoms with van der Waals surface area (Å²) < 4.78 is 5.46. The van der Waals surface area contributed by atoms with Crippen LogP contribution in [0.1, 0.15) is 19.8 Å². The van der Waals surface area contributed by atoms with Gasteiger partial charge in [0.05, 0.1) is 18.4 Å². The van der Waals surface area contributed by atoms with Crippen molar-refractivity contribution in [2.75, 3.05) is 25.5 Å². The molecular formula is C15H21ClN2O3. The second-order valence-electron chi connectivity index (χ2n) is 5.29. The minimum absolute atomic E-state index is 0.280. The zero-order valence-corrected chi connectivity index (χ0v) is 13.1. The Balaban J connectivity index is 1.97. The van der Waals surface area contributed by atoms with Gasteiger partial charge in [-0.15, -0.1) is 0 Å². The van der Waals surface area contributed by atoms with E-state index in [0.717, 1.165) is 12.8 Å². The molecule has 2 rings (SSSR count). The second kappa shape index (κ2) is 7.00. The molecule has 1 aromatic carbocycles. The van der Waals surface area contributed by atoms with E-state index in [2.05, 4.69) is 5.32 Å². The molecular weight excluding hydrogens is 292 g/mol. The zero-order valence-electron chi connectivity index (χ0n) is 12.3. The molecule has 1 aliphatic carbocycles. The number of urea groups is 1. The summed E-state index contributed by atoms with van der Waals surface area (Å²) in [5, 5.41) is 13.2. The van der Waals surface area contributed by atoms with Crippen molar-refractivity contribution in [3.63, 3.8) is 0 Å². The molecule has 1 unspecified atom stereocenters. The zero-order chi connectivity index (χ0) is 15.4. The molecule has 0 aliphatic heterocycles. The van der Waals surface area contributed by atoms with Gasteiger partial charge in [-0.3, -0.25) is 0 Å². The fourth-order valence-corrected chi connectivity index (χ4v) is 2.24. The SMILES string of the molecule is CCOc1cc(Cl)ccc1NC(=O)N(C)CC(O)C1CC1. The van der Waals surface area contributed by atoms with Gasteiger partial charge in [0.1, 0.15) is 5.75 Å². The Labute approximate surface area is 129 Å². The Morgan fingerprint density at radius 1 is 1.57 bits per heavy atom. The van der Waals surface area contributed by atoms with E-state index in [1.54, 1.807) is 25.2 Å². The number of aliphatic hydroxyl groups excluding tert-OH is 1. The summed E-state index contributed by atoms with van der Waals surface area (Å²) in [6.45, 7) is 2.68. The van der Waals surface area contributed by atoms with Crippen molar-refractivity contribution in [1.82, 2.24) is 4.90 Å². The Morgan fingerprint density at radius 3 is 2.90 bits per heavy atom. The van der Waals surface area contributed by atoms with Gasteiger partial charge in [-0.05, 0) is 37.8 Å². The third-order valence-corrected chi connectivity index (χ3v) is 3.69. The molecule has 1 saturated carbocycles. The number of carbonyl (C=O) groups excluding carboxylic acids is 1. The lowest BCUT2D eigenvalue weighted by atomic mass is 10.2. The third kappa shape index (κ3) is 4.51. The van der Waals surface area contributed by atoms with Crippen LogP contribution >= 0.6 is 11.6 Å². The van der Waals surface area contributed by atoms with E-state index in [9.17, 15) is 9.90 Å². The van der Waals surface area contributed by atoms with Gasteiger partial charge in [-0.25, -0.2) is 4.79 Å². The first-order chi connectivity index (χ1) is 10.0. The number of carbonyl (C=O) groups is 1. The fraction of sp³-hybridized carbons (Fsp3) is 0.533. The van der Waals surface area contributed by atoms with Crippen molar-refractivity contribution in [1.29, 1.82) is 0 Å². The van der Waals surface area contributed by atoms with Crippen LogP contribution in [-0.2, 0) is 0 Å². The van der Waals surface area contributed by atoms with Crippen molar-refractivity contribution in [3.05, 3.63) is 23.2 Å². The van der Waals surface area contributed by atoms with Gasteiger partial charge >= 0.3 is 6.03 Å². The molecule has 21 heavy (non-hydrogen) atoms. The van der Waals surface area contributed by atoms with E-state index in [1.165, 1.54) is 4.90 Å². The molecule has 1 atom stereocenters. The number of likely N-dealkylation sites (N-methyl/N-ethyl adjacent to an activating group) is 1. The molecule has 1 fully saturated rings. The first-order valence-corrected chi connectivity index (χ1v) is 7.51. The number of hydrogen-bond donors (Lipinski definition) is 2. The smallest absolute Gasteiger partial charge is 0.321 e. The molecule has 0 bridgehead atoms. The number of nitrogens with one attached hydrogen (secondary N) is 1. The number of anilines is 1. The number of amides is 2. The number of hydrogen-bond acceptors (Lipinski definition) is 3. The number of benzene rings is 1. The summed E-state index contributed by atoms with van der Waals surface area (Å²) in [6, 6.07) is 4.78. The Bertz CT molecular complexity index is 506. The molecule has 2 N–H and O–H groups in total. The molecule has 1 aromatic rings. The molecule has 6 heteroatoms. The Morgan fingerprint density at radius 2 is 2.29 bits per heavy atom. The van der Waals surface area contributed by atoms with E-state index in [0.29, 0.717) is 35.5 Å². The van der Waals surface area contributed by atoms with Crippen LogP contribution in [0.15, 0.2) is 18.2 Å². The molecule has 116 valence electrons. The average Bonchev–Trinajstić information content (AvgIpc) is 3.26. The average molecular weight is 313 g/mol. The standard InChI is InChI=1S/C15H21ClN2O3/c1-3-21-14-8-11(16)6-7-12(14)17-15(20)18(2)9-13(19)10-4-5-10/h6-8,10,13,19H,3-5,9H2,1-2H3,(H,17,20). The van der Waals surface area contributed by atoms with Gasteiger partial charge in [0.15, 0.2) is 0 Å². The molecule has 2 amide bonds. The van der Waals surface area contributed by atoms with Gasteiger partial charge in [0.25, 0.3) is 0 Å². The predicted molar refractivity (Wildman–Crippen MR) is 83.0 cm³/mol. The predicted octanol–water partition coefficient (Wildman–Crippen LogP) is 2.97. The summed E-state index contributed by atoms with van der Waals surface area (Å²) in [5.41, 5.74) is 0.569.